The minimum atomic E-state index is -0.264. The molecule has 4 nitrogen and oxygen atoms in total. The number of carbonyl (C=O) groups excluding carboxylic acids is 2. The summed E-state index contributed by atoms with van der Waals surface area (Å²) in [5.74, 6) is -0.264. The van der Waals surface area contributed by atoms with Gasteiger partial charge in [-0.25, -0.2) is 4.99 Å². The maximum Gasteiger partial charge on any atom is 0.245 e. The van der Waals surface area contributed by atoms with Crippen molar-refractivity contribution in [2.75, 3.05) is 6.54 Å². The molecule has 68 valence electrons. The topological polar surface area (TPSA) is 58.5 Å². The molecular weight excluding hydrogens is 156 g/mol. The van der Waals surface area contributed by atoms with Crippen molar-refractivity contribution in [3.8, 4) is 0 Å². The van der Waals surface area contributed by atoms with E-state index in [4.69, 9.17) is 0 Å². The van der Waals surface area contributed by atoms with Crippen molar-refractivity contribution < 1.29 is 9.59 Å². The Morgan fingerprint density at radius 3 is 2.83 bits per heavy atom. The molecule has 0 rings (SSSR count). The van der Waals surface area contributed by atoms with Crippen LogP contribution in [0.3, 0.4) is 0 Å². The number of nitrogens with zero attached hydrogens (tertiary/aromatic N) is 1. The first-order valence-electron chi connectivity index (χ1n) is 3.92. The highest BCUT2D eigenvalue weighted by Gasteiger charge is 2.07. The number of hydrogen-bond acceptors (Lipinski definition) is 3. The summed E-state index contributed by atoms with van der Waals surface area (Å²) < 4.78 is 0. The molecule has 1 unspecified atom stereocenters. The third kappa shape index (κ3) is 4.73. The van der Waals surface area contributed by atoms with E-state index >= 15 is 0 Å². The summed E-state index contributed by atoms with van der Waals surface area (Å²) in [7, 11) is 0. The van der Waals surface area contributed by atoms with Crippen LogP contribution in [0.2, 0.25) is 0 Å². The Hall–Kier alpha value is -1.03. The van der Waals surface area contributed by atoms with Crippen molar-refractivity contribution in [3.63, 3.8) is 0 Å². The summed E-state index contributed by atoms with van der Waals surface area (Å²) in [6.45, 7) is 5.73. The van der Waals surface area contributed by atoms with Crippen LogP contribution in [0, 0.1) is 0 Å². The monoisotopic (exact) mass is 170 g/mol. The van der Waals surface area contributed by atoms with E-state index in [2.05, 4.69) is 17.0 Å². The first-order chi connectivity index (χ1) is 5.74. The van der Waals surface area contributed by atoms with Gasteiger partial charge in [0.2, 0.25) is 5.91 Å². The van der Waals surface area contributed by atoms with Gasteiger partial charge in [-0.2, -0.15) is 0 Å². The van der Waals surface area contributed by atoms with Crippen molar-refractivity contribution in [3.05, 3.63) is 0 Å². The van der Waals surface area contributed by atoms with E-state index in [0.29, 0.717) is 6.42 Å². The fraction of sp³-hybridized carbons (Fsp3) is 0.625. The van der Waals surface area contributed by atoms with Crippen LogP contribution in [0.25, 0.3) is 0 Å². The SMILES string of the molecule is C=NC(=O)CCC(C=O)NCC. The molecule has 0 aliphatic carbocycles. The summed E-state index contributed by atoms with van der Waals surface area (Å²) >= 11 is 0. The van der Waals surface area contributed by atoms with Crippen LogP contribution in [-0.2, 0) is 9.59 Å². The second-order valence-electron chi connectivity index (χ2n) is 2.39. The summed E-state index contributed by atoms with van der Waals surface area (Å²) in [5, 5.41) is 2.93. The summed E-state index contributed by atoms with van der Waals surface area (Å²) in [6.07, 6.45) is 1.58. The molecule has 1 atom stereocenters. The lowest BCUT2D eigenvalue weighted by Gasteiger charge is -2.08. The van der Waals surface area contributed by atoms with E-state index in [9.17, 15) is 9.59 Å². The Labute approximate surface area is 72.1 Å². The highest BCUT2D eigenvalue weighted by atomic mass is 16.1. The zero-order valence-corrected chi connectivity index (χ0v) is 7.25. The van der Waals surface area contributed by atoms with Gasteiger partial charge < -0.3 is 10.1 Å². The van der Waals surface area contributed by atoms with Crippen LogP contribution < -0.4 is 5.32 Å². The molecule has 0 bridgehead atoms. The van der Waals surface area contributed by atoms with Gasteiger partial charge in [-0.1, -0.05) is 6.92 Å². The molecule has 0 aromatic heterocycles. The number of likely N-dealkylation sites (N-methyl/N-ethyl adjacent to an activating group) is 1. The van der Waals surface area contributed by atoms with Gasteiger partial charge in [0.05, 0.1) is 6.04 Å². The van der Waals surface area contributed by atoms with Crippen LogP contribution in [0.15, 0.2) is 4.99 Å². The van der Waals surface area contributed by atoms with E-state index in [1.165, 1.54) is 0 Å². The van der Waals surface area contributed by atoms with Crippen molar-refractivity contribution >= 4 is 18.9 Å². The number of hydrogen-bond donors (Lipinski definition) is 1. The van der Waals surface area contributed by atoms with E-state index in [1.807, 2.05) is 6.92 Å². The van der Waals surface area contributed by atoms with Gasteiger partial charge in [0.15, 0.2) is 0 Å². The lowest BCUT2D eigenvalue weighted by molar-refractivity contribution is -0.118. The molecule has 1 amide bonds. The van der Waals surface area contributed by atoms with E-state index < -0.39 is 0 Å². The highest BCUT2D eigenvalue weighted by Crippen LogP contribution is 1.95. The van der Waals surface area contributed by atoms with E-state index in [0.717, 1.165) is 12.8 Å². The number of aliphatic imine (C=N–C) groups is 1. The fourth-order valence-electron chi connectivity index (χ4n) is 0.838. The quantitative estimate of drug-likeness (QED) is 0.456. The van der Waals surface area contributed by atoms with E-state index in [-0.39, 0.29) is 18.4 Å². The molecule has 4 heteroatoms. The number of carbonyl (C=O) groups is 2. The highest BCUT2D eigenvalue weighted by molar-refractivity contribution is 5.80. The number of nitrogens with one attached hydrogen (secondary N) is 1. The molecule has 0 aliphatic heterocycles. The van der Waals surface area contributed by atoms with Gasteiger partial charge in [-0.05, 0) is 19.7 Å². The molecule has 0 spiro atoms. The number of aldehydes is 1. The zero-order valence-electron chi connectivity index (χ0n) is 7.25. The largest absolute Gasteiger partial charge is 0.308 e. The lowest BCUT2D eigenvalue weighted by Crippen LogP contribution is -2.30. The molecule has 0 aromatic carbocycles. The maximum absolute atomic E-state index is 10.7. The van der Waals surface area contributed by atoms with Gasteiger partial charge >= 0.3 is 0 Å². The minimum absolute atomic E-state index is 0.235. The predicted octanol–water partition coefficient (Wildman–Crippen LogP) is 0.171. The van der Waals surface area contributed by atoms with Crippen LogP contribution in [0.4, 0.5) is 0 Å². The molecule has 0 saturated heterocycles. The Morgan fingerprint density at radius 1 is 1.75 bits per heavy atom. The third-order valence-corrected chi connectivity index (χ3v) is 1.48. The Balaban J connectivity index is 3.63. The molecule has 0 radical (unpaired) electrons. The standard InChI is InChI=1S/C8H14N2O2/c1-3-10-7(6-11)4-5-8(12)9-2/h6-7,10H,2-5H2,1H3. The zero-order chi connectivity index (χ0) is 9.40. The van der Waals surface area contributed by atoms with Crippen LogP contribution in [0.1, 0.15) is 19.8 Å². The molecule has 0 heterocycles. The maximum atomic E-state index is 10.7. The van der Waals surface area contributed by atoms with Crippen LogP contribution in [-0.4, -0.2) is 31.5 Å². The normalized spacial score (nSPS) is 12.1. The first kappa shape index (κ1) is 11.0. The molecular formula is C8H14N2O2. The number of rotatable bonds is 6. The third-order valence-electron chi connectivity index (χ3n) is 1.48. The predicted molar refractivity (Wildman–Crippen MR) is 47.3 cm³/mol. The van der Waals surface area contributed by atoms with Gasteiger partial charge in [-0.3, -0.25) is 4.79 Å². The van der Waals surface area contributed by atoms with Crippen molar-refractivity contribution in [1.82, 2.24) is 5.32 Å². The van der Waals surface area contributed by atoms with Crippen molar-refractivity contribution in [2.45, 2.75) is 25.8 Å². The molecule has 1 N–H and O–H groups in total. The molecule has 0 saturated carbocycles. The Kier molecular flexibility index (Phi) is 6.09. The summed E-state index contributed by atoms with van der Waals surface area (Å²) in [4.78, 5) is 24.3. The smallest absolute Gasteiger partial charge is 0.245 e. The van der Waals surface area contributed by atoms with Crippen molar-refractivity contribution in [2.24, 2.45) is 4.99 Å². The summed E-state index contributed by atoms with van der Waals surface area (Å²) in [6, 6.07) is -0.235. The molecule has 0 aliphatic rings. The van der Waals surface area contributed by atoms with Gasteiger partial charge in [0, 0.05) is 6.42 Å². The minimum Gasteiger partial charge on any atom is -0.308 e. The van der Waals surface area contributed by atoms with Crippen molar-refractivity contribution in [1.29, 1.82) is 0 Å². The van der Waals surface area contributed by atoms with E-state index in [1.54, 1.807) is 0 Å². The second kappa shape index (κ2) is 6.67. The average Bonchev–Trinajstić information content (AvgIpc) is 2.11. The molecule has 12 heavy (non-hydrogen) atoms. The van der Waals surface area contributed by atoms with Crippen LogP contribution >= 0.6 is 0 Å². The Morgan fingerprint density at radius 2 is 2.42 bits per heavy atom. The summed E-state index contributed by atoms with van der Waals surface area (Å²) in [5.41, 5.74) is 0. The lowest BCUT2D eigenvalue weighted by atomic mass is 10.2. The van der Waals surface area contributed by atoms with Gasteiger partial charge in [-0.15, -0.1) is 0 Å². The second-order valence-corrected chi connectivity index (χ2v) is 2.39. The average molecular weight is 170 g/mol. The number of amides is 1. The molecule has 0 fully saturated rings. The molecule has 0 aromatic rings. The van der Waals surface area contributed by atoms with Gasteiger partial charge in [0.25, 0.3) is 0 Å². The fourth-order valence-corrected chi connectivity index (χ4v) is 0.838. The Bertz CT molecular complexity index is 168. The first-order valence-corrected chi connectivity index (χ1v) is 3.92. The van der Waals surface area contributed by atoms with Gasteiger partial charge in [0.1, 0.15) is 6.29 Å². The van der Waals surface area contributed by atoms with Crippen LogP contribution in [0.5, 0.6) is 0 Å².